The second-order valence-electron chi connectivity index (χ2n) is 5.95. The molecule has 0 saturated heterocycles. The molecule has 1 N–H and O–H groups in total. The highest BCUT2D eigenvalue weighted by molar-refractivity contribution is 9.10. The maximum Gasteiger partial charge on any atom is 0.123 e. The highest BCUT2D eigenvalue weighted by atomic mass is 79.9. The monoisotopic (exact) mass is 323 g/mol. The van der Waals surface area contributed by atoms with Gasteiger partial charge in [0.2, 0.25) is 0 Å². The van der Waals surface area contributed by atoms with E-state index in [1.54, 1.807) is 7.11 Å². The van der Waals surface area contributed by atoms with Crippen molar-refractivity contribution in [3.8, 4) is 5.75 Å². The van der Waals surface area contributed by atoms with Gasteiger partial charge in [-0.2, -0.15) is 0 Å². The molecular weight excluding hydrogens is 302 g/mol. The Bertz CT molecular complexity index is 478. The third-order valence-corrected chi connectivity index (χ3v) is 5.87. The van der Waals surface area contributed by atoms with Gasteiger partial charge in [-0.15, -0.1) is 0 Å². The minimum absolute atomic E-state index is 0.433. The Hall–Kier alpha value is -0.540. The van der Waals surface area contributed by atoms with Gasteiger partial charge >= 0.3 is 0 Å². The van der Waals surface area contributed by atoms with Crippen LogP contribution in [-0.2, 0) is 0 Å². The van der Waals surface area contributed by atoms with E-state index in [0.29, 0.717) is 6.04 Å². The number of halogens is 1. The predicted molar refractivity (Wildman–Crippen MR) is 81.6 cm³/mol. The third kappa shape index (κ3) is 2.21. The summed E-state index contributed by atoms with van der Waals surface area (Å²) in [6.45, 7) is 2.11. The van der Waals surface area contributed by atoms with Gasteiger partial charge in [0, 0.05) is 16.1 Å². The van der Waals surface area contributed by atoms with Gasteiger partial charge in [0.05, 0.1) is 7.11 Å². The Morgan fingerprint density at radius 3 is 2.58 bits per heavy atom. The second kappa shape index (κ2) is 5.10. The summed E-state index contributed by atoms with van der Waals surface area (Å²) in [6.07, 6.45) is 4.27. The van der Waals surface area contributed by atoms with Gasteiger partial charge in [-0.05, 0) is 62.3 Å². The average molecular weight is 324 g/mol. The van der Waals surface area contributed by atoms with Gasteiger partial charge in [0.15, 0.2) is 0 Å². The first-order valence-corrected chi connectivity index (χ1v) is 7.98. The summed E-state index contributed by atoms with van der Waals surface area (Å²) >= 11 is 3.65. The first-order valence-electron chi connectivity index (χ1n) is 7.18. The highest BCUT2D eigenvalue weighted by Crippen LogP contribution is 2.62. The first-order chi connectivity index (χ1) is 9.17. The van der Waals surface area contributed by atoms with E-state index in [1.807, 2.05) is 0 Å². The van der Waals surface area contributed by atoms with E-state index >= 15 is 0 Å². The number of fused-ring (bicyclic) bond motifs is 1. The summed E-state index contributed by atoms with van der Waals surface area (Å²) in [7, 11) is 3.85. The summed E-state index contributed by atoms with van der Waals surface area (Å²) in [4.78, 5) is 0. The molecule has 0 bridgehead atoms. The van der Waals surface area contributed by atoms with Crippen LogP contribution in [0.15, 0.2) is 16.6 Å². The zero-order valence-electron chi connectivity index (χ0n) is 11.9. The van der Waals surface area contributed by atoms with Crippen LogP contribution in [0.25, 0.3) is 0 Å². The molecule has 0 aromatic heterocycles. The Kier molecular flexibility index (Phi) is 3.61. The lowest BCUT2D eigenvalue weighted by Crippen LogP contribution is -2.21. The van der Waals surface area contributed by atoms with Crippen LogP contribution >= 0.6 is 15.9 Å². The van der Waals surface area contributed by atoms with E-state index in [0.717, 1.165) is 23.5 Å². The van der Waals surface area contributed by atoms with Crippen LogP contribution in [0, 0.1) is 24.7 Å². The number of ether oxygens (including phenoxy) is 1. The molecule has 19 heavy (non-hydrogen) atoms. The Morgan fingerprint density at radius 2 is 2.00 bits per heavy atom. The molecule has 2 saturated carbocycles. The van der Waals surface area contributed by atoms with Crippen LogP contribution in [0.1, 0.15) is 36.4 Å². The Balaban J connectivity index is 1.93. The molecule has 2 fully saturated rings. The molecular formula is C16H22BrNO. The number of nitrogens with one attached hydrogen (secondary N) is 1. The number of hydrogen-bond acceptors (Lipinski definition) is 2. The lowest BCUT2D eigenvalue weighted by molar-refractivity contribution is 0.384. The number of rotatable bonds is 4. The minimum Gasteiger partial charge on any atom is -0.496 e. The van der Waals surface area contributed by atoms with Crippen LogP contribution in [0.4, 0.5) is 0 Å². The fourth-order valence-electron chi connectivity index (χ4n) is 4.02. The summed E-state index contributed by atoms with van der Waals surface area (Å²) in [5.41, 5.74) is 2.54. The lowest BCUT2D eigenvalue weighted by atomic mass is 9.95. The zero-order valence-corrected chi connectivity index (χ0v) is 13.5. The Morgan fingerprint density at radius 1 is 1.32 bits per heavy atom. The molecule has 1 aromatic rings. The molecule has 3 atom stereocenters. The molecule has 2 aliphatic rings. The number of aryl methyl sites for hydroxylation is 1. The SMILES string of the molecule is CNC(c1cc(Br)c(C)cc1OC)C1C2CCCC21. The van der Waals surface area contributed by atoms with E-state index in [1.165, 1.54) is 34.9 Å². The van der Waals surface area contributed by atoms with Crippen molar-refractivity contribution in [2.45, 2.75) is 32.2 Å². The molecule has 104 valence electrons. The third-order valence-electron chi connectivity index (χ3n) is 5.01. The average Bonchev–Trinajstić information content (AvgIpc) is 2.86. The largest absolute Gasteiger partial charge is 0.496 e. The fraction of sp³-hybridized carbons (Fsp3) is 0.625. The van der Waals surface area contributed by atoms with Gasteiger partial charge < -0.3 is 10.1 Å². The van der Waals surface area contributed by atoms with E-state index in [2.05, 4.69) is 47.4 Å². The molecule has 3 heteroatoms. The number of hydrogen-bond donors (Lipinski definition) is 1. The van der Waals surface area contributed by atoms with Crippen LogP contribution in [0.3, 0.4) is 0 Å². The molecule has 0 amide bonds. The normalized spacial score (nSPS) is 30.0. The van der Waals surface area contributed by atoms with Crippen molar-refractivity contribution in [3.05, 3.63) is 27.7 Å². The second-order valence-corrected chi connectivity index (χ2v) is 6.80. The van der Waals surface area contributed by atoms with Crippen molar-refractivity contribution < 1.29 is 4.74 Å². The Labute approximate surface area is 124 Å². The zero-order chi connectivity index (χ0) is 13.6. The lowest BCUT2D eigenvalue weighted by Gasteiger charge is -2.22. The topological polar surface area (TPSA) is 21.3 Å². The molecule has 3 rings (SSSR count). The minimum atomic E-state index is 0.433. The maximum atomic E-state index is 5.60. The maximum absolute atomic E-state index is 5.60. The summed E-state index contributed by atoms with van der Waals surface area (Å²) in [5.74, 6) is 3.72. The summed E-state index contributed by atoms with van der Waals surface area (Å²) in [5, 5.41) is 3.53. The molecule has 1 aromatic carbocycles. The van der Waals surface area contributed by atoms with E-state index in [4.69, 9.17) is 4.74 Å². The van der Waals surface area contributed by atoms with E-state index < -0.39 is 0 Å². The number of methoxy groups -OCH3 is 1. The molecule has 2 aliphatic carbocycles. The molecule has 0 spiro atoms. The molecule has 3 unspecified atom stereocenters. The van der Waals surface area contributed by atoms with Gasteiger partial charge in [-0.1, -0.05) is 22.4 Å². The molecule has 0 heterocycles. The number of benzene rings is 1. The van der Waals surface area contributed by atoms with Gasteiger partial charge in [-0.3, -0.25) is 0 Å². The molecule has 0 radical (unpaired) electrons. The van der Waals surface area contributed by atoms with Crippen molar-refractivity contribution >= 4 is 15.9 Å². The van der Waals surface area contributed by atoms with Crippen molar-refractivity contribution in [2.24, 2.45) is 17.8 Å². The van der Waals surface area contributed by atoms with Gasteiger partial charge in [-0.25, -0.2) is 0 Å². The summed E-state index contributed by atoms with van der Waals surface area (Å²) in [6, 6.07) is 4.81. The van der Waals surface area contributed by atoms with Crippen LogP contribution < -0.4 is 10.1 Å². The highest BCUT2D eigenvalue weighted by Gasteiger charge is 2.56. The fourth-order valence-corrected chi connectivity index (χ4v) is 4.38. The molecule has 2 nitrogen and oxygen atoms in total. The van der Waals surface area contributed by atoms with Crippen molar-refractivity contribution in [3.63, 3.8) is 0 Å². The summed E-state index contributed by atoms with van der Waals surface area (Å²) < 4.78 is 6.78. The predicted octanol–water partition coefficient (Wildman–Crippen LogP) is 4.07. The standard InChI is InChI=1S/C16H22BrNO/c1-9-7-14(19-3)12(8-13(9)17)16(18-2)15-10-5-4-6-11(10)15/h7-8,10-11,15-16,18H,4-6H2,1-3H3. The molecule has 0 aliphatic heterocycles. The quantitative estimate of drug-likeness (QED) is 0.901. The van der Waals surface area contributed by atoms with Crippen LogP contribution in [0.5, 0.6) is 5.75 Å². The van der Waals surface area contributed by atoms with Crippen molar-refractivity contribution in [1.29, 1.82) is 0 Å². The van der Waals surface area contributed by atoms with Crippen molar-refractivity contribution in [2.75, 3.05) is 14.2 Å². The van der Waals surface area contributed by atoms with Crippen LogP contribution in [0.2, 0.25) is 0 Å². The smallest absolute Gasteiger partial charge is 0.123 e. The van der Waals surface area contributed by atoms with E-state index in [9.17, 15) is 0 Å². The van der Waals surface area contributed by atoms with Crippen molar-refractivity contribution in [1.82, 2.24) is 5.32 Å². The van der Waals surface area contributed by atoms with Gasteiger partial charge in [0.25, 0.3) is 0 Å². The first kappa shape index (κ1) is 13.4. The van der Waals surface area contributed by atoms with E-state index in [-0.39, 0.29) is 0 Å². The van der Waals surface area contributed by atoms with Crippen LogP contribution in [-0.4, -0.2) is 14.2 Å². The van der Waals surface area contributed by atoms with Gasteiger partial charge in [0.1, 0.15) is 5.75 Å².